The predicted molar refractivity (Wildman–Crippen MR) is 171 cm³/mol. The number of thiophene rings is 1. The minimum atomic E-state index is -0.643. The largest absolute Gasteiger partial charge is 0.481 e. The average Bonchev–Trinajstić information content (AvgIpc) is 3.72. The highest BCUT2D eigenvalue weighted by molar-refractivity contribution is 7.07. The van der Waals surface area contributed by atoms with Crippen molar-refractivity contribution in [1.29, 1.82) is 0 Å². The zero-order valence-electron chi connectivity index (χ0n) is 25.1. The van der Waals surface area contributed by atoms with Crippen LogP contribution < -0.4 is 0 Å². The number of carbonyl (C=O) groups is 1. The molecule has 0 saturated carbocycles. The number of benzene rings is 1. The van der Waals surface area contributed by atoms with E-state index in [0.29, 0.717) is 11.6 Å². The van der Waals surface area contributed by atoms with Gasteiger partial charge in [0.25, 0.3) is 0 Å². The van der Waals surface area contributed by atoms with E-state index in [0.717, 1.165) is 62.7 Å². The number of carboxylic acids is 1. The van der Waals surface area contributed by atoms with Crippen LogP contribution in [0.4, 0.5) is 0 Å². The van der Waals surface area contributed by atoms with Gasteiger partial charge in [-0.1, -0.05) is 75.5 Å². The molecule has 1 spiro atoms. The summed E-state index contributed by atoms with van der Waals surface area (Å²) in [5.74, 6) is 0.173. The standard InChI is InChI=1S/C14H25NO3.C12H15Cl2N.C4H4S.C2H6/c1-3-4-12(13(16)17)11-9-14(18-10-11)5-7-15(2)8-6-14;1-9-4-5-15(7-9)8-10-2-3-11(13)6-12(10)14;1-2-4-5-3-1;1-2/h11-12H,3-10H2,1-2H3,(H,16,17);2-3,6,9H,4-5,7-8H2,1H3;1-4H;1-2H3/t;9-;;/m.1../s1. The second kappa shape index (κ2) is 18.4. The molecule has 0 amide bonds. The van der Waals surface area contributed by atoms with E-state index in [2.05, 4.69) is 30.7 Å². The molecule has 40 heavy (non-hydrogen) atoms. The van der Waals surface area contributed by atoms with E-state index in [1.54, 1.807) is 11.3 Å². The van der Waals surface area contributed by atoms with E-state index in [1.165, 1.54) is 25.1 Å². The lowest BCUT2D eigenvalue weighted by Crippen LogP contribution is -2.42. The van der Waals surface area contributed by atoms with E-state index in [-0.39, 0.29) is 17.4 Å². The van der Waals surface area contributed by atoms with Crippen LogP contribution in [0.3, 0.4) is 0 Å². The number of halogens is 2. The average molecular weight is 614 g/mol. The molecule has 1 aromatic carbocycles. The van der Waals surface area contributed by atoms with Gasteiger partial charge in [-0.25, -0.2) is 0 Å². The fourth-order valence-corrected chi connectivity index (χ4v) is 6.59. The van der Waals surface area contributed by atoms with Gasteiger partial charge >= 0.3 is 5.97 Å². The number of rotatable bonds is 6. The third kappa shape index (κ3) is 11.6. The zero-order valence-corrected chi connectivity index (χ0v) is 27.4. The summed E-state index contributed by atoms with van der Waals surface area (Å²) in [6, 6.07) is 9.78. The Morgan fingerprint density at radius 1 is 1.18 bits per heavy atom. The van der Waals surface area contributed by atoms with Gasteiger partial charge in [-0.2, -0.15) is 11.3 Å². The van der Waals surface area contributed by atoms with Crippen molar-refractivity contribution in [2.75, 3.05) is 39.8 Å². The van der Waals surface area contributed by atoms with Crippen molar-refractivity contribution in [2.45, 2.75) is 78.4 Å². The number of likely N-dealkylation sites (tertiary alicyclic amines) is 2. The first-order chi connectivity index (χ1) is 19.2. The Kier molecular flexibility index (Phi) is 16.1. The molecule has 1 aromatic heterocycles. The fourth-order valence-electron chi connectivity index (χ4n) is 5.67. The molecule has 8 heteroatoms. The van der Waals surface area contributed by atoms with Crippen molar-refractivity contribution < 1.29 is 14.6 Å². The number of piperidine rings is 1. The van der Waals surface area contributed by atoms with Crippen LogP contribution in [0.1, 0.15) is 71.8 Å². The Labute approximate surface area is 256 Å². The molecule has 0 radical (unpaired) electrons. The number of hydrogen-bond acceptors (Lipinski definition) is 5. The van der Waals surface area contributed by atoms with Gasteiger partial charge in [-0.3, -0.25) is 9.69 Å². The third-order valence-electron chi connectivity index (χ3n) is 7.96. The summed E-state index contributed by atoms with van der Waals surface area (Å²) in [6.45, 7) is 14.4. The second-order valence-electron chi connectivity index (χ2n) is 11.2. The van der Waals surface area contributed by atoms with Gasteiger partial charge in [0.2, 0.25) is 0 Å². The molecule has 2 unspecified atom stereocenters. The molecule has 3 fully saturated rings. The molecule has 1 N–H and O–H groups in total. The first kappa shape index (κ1) is 35.0. The zero-order chi connectivity index (χ0) is 29.5. The highest BCUT2D eigenvalue weighted by atomic mass is 35.5. The predicted octanol–water partition coefficient (Wildman–Crippen LogP) is 8.60. The number of aliphatic carboxylic acids is 1. The molecule has 3 atom stereocenters. The molecule has 5 nitrogen and oxygen atoms in total. The molecular weight excluding hydrogens is 563 g/mol. The van der Waals surface area contributed by atoms with E-state index in [9.17, 15) is 9.90 Å². The third-order valence-corrected chi connectivity index (χ3v) is 9.18. The summed E-state index contributed by atoms with van der Waals surface area (Å²) in [6.07, 6.45) is 6.06. The Morgan fingerprint density at radius 3 is 2.35 bits per heavy atom. The minimum Gasteiger partial charge on any atom is -0.481 e. The van der Waals surface area contributed by atoms with Crippen LogP contribution in [0.15, 0.2) is 41.1 Å². The maximum absolute atomic E-state index is 11.3. The number of hydrogen-bond donors (Lipinski definition) is 1. The lowest BCUT2D eigenvalue weighted by Gasteiger charge is -2.37. The summed E-state index contributed by atoms with van der Waals surface area (Å²) in [7, 11) is 2.14. The van der Waals surface area contributed by atoms with Gasteiger partial charge in [0, 0.05) is 36.2 Å². The van der Waals surface area contributed by atoms with Crippen molar-refractivity contribution in [1.82, 2.24) is 9.80 Å². The van der Waals surface area contributed by atoms with Crippen LogP contribution in [0.2, 0.25) is 10.0 Å². The van der Waals surface area contributed by atoms with Gasteiger partial charge < -0.3 is 14.7 Å². The molecule has 3 aliphatic rings. The molecule has 4 heterocycles. The van der Waals surface area contributed by atoms with Gasteiger partial charge in [0.1, 0.15) is 0 Å². The van der Waals surface area contributed by atoms with Crippen molar-refractivity contribution in [3.8, 4) is 0 Å². The summed E-state index contributed by atoms with van der Waals surface area (Å²) in [5, 5.41) is 14.9. The molecule has 3 saturated heterocycles. The monoisotopic (exact) mass is 612 g/mol. The summed E-state index contributed by atoms with van der Waals surface area (Å²) >= 11 is 13.7. The number of ether oxygens (including phenoxy) is 1. The Bertz CT molecular complexity index is 950. The number of carboxylic acid groups (broad SMARTS) is 1. The van der Waals surface area contributed by atoms with Crippen molar-refractivity contribution in [3.63, 3.8) is 0 Å². The molecule has 226 valence electrons. The summed E-state index contributed by atoms with van der Waals surface area (Å²) in [4.78, 5) is 16.1. The van der Waals surface area contributed by atoms with E-state index in [1.807, 2.05) is 54.9 Å². The molecule has 0 aliphatic carbocycles. The van der Waals surface area contributed by atoms with Gasteiger partial charge in [-0.05, 0) is 86.0 Å². The second-order valence-corrected chi connectivity index (χ2v) is 12.8. The van der Waals surface area contributed by atoms with Crippen LogP contribution in [0, 0.1) is 17.8 Å². The van der Waals surface area contributed by atoms with Crippen LogP contribution in [-0.2, 0) is 16.1 Å². The molecule has 5 rings (SSSR count). The lowest BCUT2D eigenvalue weighted by molar-refractivity contribution is -0.144. The van der Waals surface area contributed by atoms with Gasteiger partial charge in [-0.15, -0.1) is 0 Å². The van der Waals surface area contributed by atoms with Gasteiger partial charge in [0.15, 0.2) is 0 Å². The van der Waals surface area contributed by atoms with E-state index in [4.69, 9.17) is 27.9 Å². The highest BCUT2D eigenvalue weighted by Crippen LogP contribution is 2.42. The normalized spacial score (nSPS) is 22.8. The minimum absolute atomic E-state index is 0.0153. The van der Waals surface area contributed by atoms with Crippen LogP contribution >= 0.6 is 34.5 Å². The first-order valence-electron chi connectivity index (χ1n) is 14.9. The maximum atomic E-state index is 11.3. The highest BCUT2D eigenvalue weighted by Gasteiger charge is 2.45. The Hall–Kier alpha value is -1.15. The van der Waals surface area contributed by atoms with Crippen LogP contribution in [0.25, 0.3) is 0 Å². The van der Waals surface area contributed by atoms with Gasteiger partial charge in [0.05, 0.1) is 18.1 Å². The molecule has 3 aliphatic heterocycles. The van der Waals surface area contributed by atoms with E-state index >= 15 is 0 Å². The van der Waals surface area contributed by atoms with Crippen molar-refractivity contribution in [3.05, 3.63) is 56.7 Å². The SMILES string of the molecule is CC.CCCC(C(=O)O)C1COC2(CCN(C)CC2)C1.C[C@@H]1CCN(Cc2ccc(Cl)cc2Cl)C1.c1ccsc1. The van der Waals surface area contributed by atoms with Crippen molar-refractivity contribution >= 4 is 40.5 Å². The smallest absolute Gasteiger partial charge is 0.306 e. The first-order valence-corrected chi connectivity index (χ1v) is 16.6. The van der Waals surface area contributed by atoms with E-state index < -0.39 is 5.97 Å². The Balaban J connectivity index is 0.000000229. The fraction of sp³-hybridized carbons (Fsp3) is 0.656. The quantitative estimate of drug-likeness (QED) is 0.354. The molecule has 0 bridgehead atoms. The molecular formula is C32H50Cl2N2O3S. The number of nitrogens with zero attached hydrogens (tertiary/aromatic N) is 2. The van der Waals surface area contributed by atoms with Crippen molar-refractivity contribution in [2.24, 2.45) is 17.8 Å². The lowest BCUT2D eigenvalue weighted by atomic mass is 9.79. The van der Waals surface area contributed by atoms with Crippen LogP contribution in [0.5, 0.6) is 0 Å². The maximum Gasteiger partial charge on any atom is 0.306 e. The Morgan fingerprint density at radius 2 is 1.85 bits per heavy atom. The topological polar surface area (TPSA) is 53.0 Å². The summed E-state index contributed by atoms with van der Waals surface area (Å²) < 4.78 is 6.03. The molecule has 2 aromatic rings. The summed E-state index contributed by atoms with van der Waals surface area (Å²) in [5.41, 5.74) is 1.16. The van der Waals surface area contributed by atoms with Crippen LogP contribution in [-0.4, -0.2) is 66.3 Å².